The van der Waals surface area contributed by atoms with Crippen molar-refractivity contribution in [3.05, 3.63) is 36.2 Å². The maximum atomic E-state index is 11.6. The summed E-state index contributed by atoms with van der Waals surface area (Å²) >= 11 is 1.39. The molecule has 1 aliphatic heterocycles. The van der Waals surface area contributed by atoms with E-state index in [-0.39, 0.29) is 5.91 Å². The molecule has 0 unspecified atom stereocenters. The second kappa shape index (κ2) is 9.14. The van der Waals surface area contributed by atoms with Crippen LogP contribution in [0.15, 0.2) is 30.5 Å². The highest BCUT2D eigenvalue weighted by Crippen LogP contribution is 2.29. The van der Waals surface area contributed by atoms with Crippen LogP contribution in [0.3, 0.4) is 0 Å². The van der Waals surface area contributed by atoms with Crippen molar-refractivity contribution >= 4 is 56.7 Å². The van der Waals surface area contributed by atoms with E-state index in [2.05, 4.69) is 25.2 Å². The zero-order valence-electron chi connectivity index (χ0n) is 16.7. The molecule has 4 rings (SSSR count). The molecule has 1 saturated heterocycles. The number of aromatic nitrogens is 3. The molecule has 31 heavy (non-hydrogen) atoms. The Labute approximate surface area is 182 Å². The summed E-state index contributed by atoms with van der Waals surface area (Å²) < 4.78 is 0. The summed E-state index contributed by atoms with van der Waals surface area (Å²) in [6.07, 6.45) is 4.11. The van der Waals surface area contributed by atoms with Gasteiger partial charge in [0.1, 0.15) is 22.8 Å². The molecule has 3 aromatic rings. The Bertz CT molecular complexity index is 1100. The molecule has 160 valence electrons. The molecule has 0 bridgehead atoms. The van der Waals surface area contributed by atoms with Gasteiger partial charge in [-0.1, -0.05) is 11.3 Å². The molecular formula is C20H22N8O2S. The van der Waals surface area contributed by atoms with Crippen molar-refractivity contribution < 1.29 is 9.90 Å². The third-order valence-corrected chi connectivity index (χ3v) is 5.97. The first-order valence-electron chi connectivity index (χ1n) is 9.76. The first-order valence-corrected chi connectivity index (χ1v) is 10.6. The van der Waals surface area contributed by atoms with E-state index in [0.717, 1.165) is 16.0 Å². The van der Waals surface area contributed by atoms with Crippen LogP contribution in [0.2, 0.25) is 0 Å². The molecule has 1 fully saturated rings. The van der Waals surface area contributed by atoms with Crippen LogP contribution in [0, 0.1) is 10.8 Å². The predicted molar refractivity (Wildman–Crippen MR) is 121 cm³/mol. The molecule has 10 nitrogen and oxygen atoms in total. The zero-order valence-corrected chi connectivity index (χ0v) is 17.5. The Morgan fingerprint density at radius 2 is 1.97 bits per heavy atom. The summed E-state index contributed by atoms with van der Waals surface area (Å²) in [4.78, 5) is 29.7. The molecule has 0 saturated carbocycles. The van der Waals surface area contributed by atoms with E-state index in [1.165, 1.54) is 23.8 Å². The minimum Gasteiger partial charge on any atom is -0.387 e. The minimum absolute atomic E-state index is 0.239. The number of nitrogens with one attached hydrogen (secondary N) is 3. The van der Waals surface area contributed by atoms with E-state index < -0.39 is 12.5 Å². The summed E-state index contributed by atoms with van der Waals surface area (Å²) in [6, 6.07) is 7.49. The van der Waals surface area contributed by atoms with Crippen molar-refractivity contribution in [2.75, 3.05) is 43.0 Å². The average Bonchev–Trinajstić information content (AvgIpc) is 3.21. The van der Waals surface area contributed by atoms with Gasteiger partial charge in [-0.3, -0.25) is 4.79 Å². The lowest BCUT2D eigenvalue weighted by molar-refractivity contribution is -0.134. The topological polar surface area (TPSA) is 142 Å². The van der Waals surface area contributed by atoms with E-state index in [1.807, 2.05) is 18.2 Å². The summed E-state index contributed by atoms with van der Waals surface area (Å²) in [5, 5.41) is 27.7. The monoisotopic (exact) mass is 438 g/mol. The standard InChI is InChI=1S/C20H22N8O2S/c21-10-13(11-22)15-1-2-16-19(24-15)31-20(25-16)26-17-9-14(3-4-23-17)27-5-7-28(8-6-27)18(30)12-29/h1-4,9-11,13,21-22,29H,5-8,12H2,(H,23,25,26). The van der Waals surface area contributed by atoms with Gasteiger partial charge >= 0.3 is 0 Å². The molecule has 1 aliphatic rings. The number of fused-ring (bicyclic) bond motifs is 1. The molecule has 11 heteroatoms. The SMILES string of the molecule is N=CC(C=N)c1ccc2nc(Nc3cc(N4CCN(C(=O)CO)CC4)ccn3)sc2n1. The number of thiazole rings is 1. The number of piperazine rings is 1. The molecule has 0 aliphatic carbocycles. The Balaban J connectivity index is 1.48. The van der Waals surface area contributed by atoms with Crippen molar-refractivity contribution in [1.82, 2.24) is 19.9 Å². The van der Waals surface area contributed by atoms with E-state index >= 15 is 0 Å². The minimum atomic E-state index is -0.453. The number of rotatable bonds is 7. The van der Waals surface area contributed by atoms with Gasteiger partial charge in [0.15, 0.2) is 5.13 Å². The number of carbonyl (C=O) groups excluding carboxylic acids is 1. The molecule has 1 amide bonds. The summed E-state index contributed by atoms with van der Waals surface area (Å²) in [7, 11) is 0. The van der Waals surface area contributed by atoms with Gasteiger partial charge in [-0.2, -0.15) is 0 Å². The zero-order chi connectivity index (χ0) is 21.8. The van der Waals surface area contributed by atoms with Gasteiger partial charge in [0.25, 0.3) is 0 Å². The highest BCUT2D eigenvalue weighted by molar-refractivity contribution is 7.21. The van der Waals surface area contributed by atoms with Gasteiger partial charge in [-0.25, -0.2) is 15.0 Å². The van der Waals surface area contributed by atoms with E-state index in [9.17, 15) is 4.79 Å². The Kier molecular flexibility index (Phi) is 6.14. The van der Waals surface area contributed by atoms with Gasteiger partial charge < -0.3 is 31.0 Å². The fourth-order valence-electron chi connectivity index (χ4n) is 3.40. The lowest BCUT2D eigenvalue weighted by atomic mass is 10.1. The van der Waals surface area contributed by atoms with Crippen molar-refractivity contribution in [2.24, 2.45) is 0 Å². The molecule has 4 N–H and O–H groups in total. The predicted octanol–water partition coefficient (Wildman–Crippen LogP) is 1.85. The fourth-order valence-corrected chi connectivity index (χ4v) is 4.25. The first kappa shape index (κ1) is 20.8. The molecule has 0 spiro atoms. The molecule has 0 aromatic carbocycles. The normalized spacial score (nSPS) is 15.0. The van der Waals surface area contributed by atoms with Crippen LogP contribution in [0.4, 0.5) is 16.6 Å². The average molecular weight is 439 g/mol. The maximum Gasteiger partial charge on any atom is 0.248 e. The van der Waals surface area contributed by atoms with Gasteiger partial charge in [0, 0.05) is 56.6 Å². The first-order chi connectivity index (χ1) is 15.1. The van der Waals surface area contributed by atoms with Gasteiger partial charge in [-0.15, -0.1) is 0 Å². The van der Waals surface area contributed by atoms with Gasteiger partial charge in [0.2, 0.25) is 5.91 Å². The summed E-state index contributed by atoms with van der Waals surface area (Å²) in [5.74, 6) is -0.0196. The number of carbonyl (C=O) groups is 1. The molecule has 3 aromatic heterocycles. The quantitative estimate of drug-likeness (QED) is 0.412. The van der Waals surface area contributed by atoms with Gasteiger partial charge in [-0.05, 0) is 18.2 Å². The van der Waals surface area contributed by atoms with Crippen molar-refractivity contribution in [2.45, 2.75) is 5.92 Å². The number of hydrogen-bond acceptors (Lipinski definition) is 10. The number of aliphatic hydroxyl groups excluding tert-OH is 1. The maximum absolute atomic E-state index is 11.6. The van der Waals surface area contributed by atoms with Gasteiger partial charge in [0.05, 0.1) is 11.6 Å². The smallest absolute Gasteiger partial charge is 0.248 e. The lowest BCUT2D eigenvalue weighted by Crippen LogP contribution is -2.49. The summed E-state index contributed by atoms with van der Waals surface area (Å²) in [6.45, 7) is 2.06. The fraction of sp³-hybridized carbons (Fsp3) is 0.300. The summed E-state index contributed by atoms with van der Waals surface area (Å²) in [5.41, 5.74) is 2.38. The number of hydrogen-bond donors (Lipinski definition) is 4. The van der Waals surface area contributed by atoms with Crippen LogP contribution >= 0.6 is 11.3 Å². The van der Waals surface area contributed by atoms with Crippen LogP contribution in [0.25, 0.3) is 10.3 Å². The highest BCUT2D eigenvalue weighted by Gasteiger charge is 2.21. The second-order valence-corrected chi connectivity index (χ2v) is 7.97. The van der Waals surface area contributed by atoms with Crippen LogP contribution in [-0.4, -0.2) is 76.1 Å². The van der Waals surface area contributed by atoms with Crippen LogP contribution < -0.4 is 10.2 Å². The highest BCUT2D eigenvalue weighted by atomic mass is 32.1. The lowest BCUT2D eigenvalue weighted by Gasteiger charge is -2.35. The molecule has 0 atom stereocenters. The Hall–Kier alpha value is -3.44. The molecular weight excluding hydrogens is 416 g/mol. The van der Waals surface area contributed by atoms with Crippen LogP contribution in [0.5, 0.6) is 0 Å². The Morgan fingerprint density at radius 3 is 2.68 bits per heavy atom. The van der Waals surface area contributed by atoms with Crippen LogP contribution in [0.1, 0.15) is 11.6 Å². The van der Waals surface area contributed by atoms with E-state index in [4.69, 9.17) is 15.9 Å². The number of pyridine rings is 2. The number of anilines is 3. The number of nitrogens with zero attached hydrogens (tertiary/aromatic N) is 5. The third kappa shape index (κ3) is 4.52. The van der Waals surface area contributed by atoms with Crippen molar-refractivity contribution in [3.8, 4) is 0 Å². The second-order valence-electron chi connectivity index (χ2n) is 6.99. The van der Waals surface area contributed by atoms with Crippen molar-refractivity contribution in [1.29, 1.82) is 10.8 Å². The number of amides is 1. The molecule has 4 heterocycles. The number of aliphatic hydroxyl groups is 1. The van der Waals surface area contributed by atoms with E-state index in [0.29, 0.717) is 42.8 Å². The third-order valence-electron chi connectivity index (χ3n) is 5.09. The molecule has 0 radical (unpaired) electrons. The van der Waals surface area contributed by atoms with Crippen LogP contribution in [-0.2, 0) is 4.79 Å². The van der Waals surface area contributed by atoms with E-state index in [1.54, 1.807) is 17.2 Å². The largest absolute Gasteiger partial charge is 0.387 e. The Morgan fingerprint density at radius 1 is 1.19 bits per heavy atom. The van der Waals surface area contributed by atoms with Crippen molar-refractivity contribution in [3.63, 3.8) is 0 Å².